The van der Waals surface area contributed by atoms with E-state index in [0.717, 1.165) is 55.3 Å². The molecule has 42 heavy (non-hydrogen) atoms. The molecule has 0 radical (unpaired) electrons. The number of carbonyl (C=O) groups is 2. The number of hydrogen-bond acceptors (Lipinski definition) is 9. The van der Waals surface area contributed by atoms with Gasteiger partial charge in [0.1, 0.15) is 27.7 Å². The predicted octanol–water partition coefficient (Wildman–Crippen LogP) is 5.85. The van der Waals surface area contributed by atoms with Crippen molar-refractivity contribution >= 4 is 29.0 Å². The van der Waals surface area contributed by atoms with Gasteiger partial charge in [-0.3, -0.25) is 9.48 Å². The van der Waals surface area contributed by atoms with Crippen LogP contribution < -0.4 is 5.32 Å². The van der Waals surface area contributed by atoms with Gasteiger partial charge in [-0.15, -0.1) is 11.3 Å². The molecule has 14 heteroatoms. The Morgan fingerprint density at radius 2 is 1.90 bits per heavy atom. The number of rotatable bonds is 8. The van der Waals surface area contributed by atoms with E-state index in [0.29, 0.717) is 17.2 Å². The van der Waals surface area contributed by atoms with Gasteiger partial charge in [-0.2, -0.15) is 19.3 Å². The molecule has 4 aromatic rings. The van der Waals surface area contributed by atoms with Crippen molar-refractivity contribution in [3.05, 3.63) is 53.6 Å². The van der Waals surface area contributed by atoms with E-state index in [1.807, 2.05) is 13.8 Å². The minimum absolute atomic E-state index is 0.000618. The number of aromatic nitrogens is 6. The van der Waals surface area contributed by atoms with Crippen LogP contribution in [0.5, 0.6) is 0 Å². The van der Waals surface area contributed by atoms with Crippen LogP contribution in [-0.2, 0) is 9.47 Å². The minimum atomic E-state index is -0.866. The molecule has 1 N–H and O–H groups in total. The molecule has 2 saturated carbocycles. The highest BCUT2D eigenvalue weighted by Gasteiger charge is 2.42. The Balaban J connectivity index is 1.22. The maximum Gasteiger partial charge on any atom is 0.435 e. The summed E-state index contributed by atoms with van der Waals surface area (Å²) in [7, 11) is 0. The number of halogens is 2. The van der Waals surface area contributed by atoms with Crippen LogP contribution in [0.4, 0.5) is 19.3 Å². The lowest BCUT2D eigenvalue weighted by Gasteiger charge is -2.28. The summed E-state index contributed by atoms with van der Waals surface area (Å²) in [6.45, 7) is 4.47. The van der Waals surface area contributed by atoms with Crippen LogP contribution in [0.2, 0.25) is 0 Å². The zero-order valence-electron chi connectivity index (χ0n) is 23.0. The zero-order chi connectivity index (χ0) is 29.4. The Morgan fingerprint density at radius 1 is 1.12 bits per heavy atom. The predicted molar refractivity (Wildman–Crippen MR) is 149 cm³/mol. The fourth-order valence-corrected chi connectivity index (χ4v) is 5.68. The number of amides is 1. The summed E-state index contributed by atoms with van der Waals surface area (Å²) >= 11 is 1.20. The Bertz CT molecular complexity index is 1620. The highest BCUT2D eigenvalue weighted by atomic mass is 32.1. The average Bonchev–Trinajstić information content (AvgIpc) is 3.41. The Morgan fingerprint density at radius 3 is 2.64 bits per heavy atom. The number of nitrogens with one attached hydrogen (secondary N) is 1. The summed E-state index contributed by atoms with van der Waals surface area (Å²) in [5.41, 5.74) is 0.105. The molecular weight excluding hydrogens is 568 g/mol. The normalized spacial score (nSPS) is 19.4. The molecule has 220 valence electrons. The van der Waals surface area contributed by atoms with Crippen LogP contribution in [0.15, 0.2) is 36.1 Å². The van der Waals surface area contributed by atoms with E-state index in [1.54, 1.807) is 16.3 Å². The molecule has 0 spiro atoms. The van der Waals surface area contributed by atoms with Crippen molar-refractivity contribution < 1.29 is 27.8 Å². The first-order valence-electron chi connectivity index (χ1n) is 13.8. The number of nitrogens with zero attached hydrogens (tertiary/aromatic N) is 6. The molecule has 2 fully saturated rings. The molecule has 0 atom stereocenters. The lowest BCUT2D eigenvalue weighted by molar-refractivity contribution is 0.0260. The van der Waals surface area contributed by atoms with Gasteiger partial charge in [0.2, 0.25) is 5.95 Å². The molecule has 0 bridgehead atoms. The number of thiazole rings is 1. The van der Waals surface area contributed by atoms with Crippen LogP contribution in [0.1, 0.15) is 68.9 Å². The largest absolute Gasteiger partial charge is 0.442 e. The van der Waals surface area contributed by atoms with Crippen molar-refractivity contribution in [3.8, 4) is 22.0 Å². The van der Waals surface area contributed by atoms with Crippen LogP contribution in [-0.4, -0.2) is 59.8 Å². The van der Waals surface area contributed by atoms with Crippen LogP contribution in [0, 0.1) is 11.8 Å². The second-order valence-corrected chi connectivity index (χ2v) is 11.6. The first-order valence-corrected chi connectivity index (χ1v) is 14.7. The van der Waals surface area contributed by atoms with Crippen molar-refractivity contribution in [2.24, 2.45) is 0 Å². The third kappa shape index (κ3) is 5.95. The lowest BCUT2D eigenvalue weighted by Crippen LogP contribution is -2.24. The molecule has 0 aliphatic heterocycles. The molecule has 0 aromatic carbocycles. The molecule has 6 rings (SSSR count). The van der Waals surface area contributed by atoms with Crippen molar-refractivity contribution in [1.82, 2.24) is 29.5 Å². The van der Waals surface area contributed by atoms with E-state index in [4.69, 9.17) is 9.47 Å². The average molecular weight is 598 g/mol. The first kappa shape index (κ1) is 28.1. The summed E-state index contributed by atoms with van der Waals surface area (Å²) in [5.74, 6) is -2.20. The zero-order valence-corrected chi connectivity index (χ0v) is 23.9. The maximum absolute atomic E-state index is 14.8. The summed E-state index contributed by atoms with van der Waals surface area (Å²) < 4.78 is 42.7. The topological polar surface area (TPSA) is 126 Å². The third-order valence-corrected chi connectivity index (χ3v) is 8.37. The van der Waals surface area contributed by atoms with Gasteiger partial charge >= 0.3 is 6.09 Å². The van der Waals surface area contributed by atoms with Crippen molar-refractivity contribution in [2.45, 2.75) is 70.1 Å². The van der Waals surface area contributed by atoms with E-state index >= 15 is 0 Å². The number of ether oxygens (including phenoxy) is 2. The van der Waals surface area contributed by atoms with Gasteiger partial charge in [-0.05, 0) is 64.5 Å². The van der Waals surface area contributed by atoms with Gasteiger partial charge in [-0.1, -0.05) is 0 Å². The second-order valence-electron chi connectivity index (χ2n) is 10.7. The van der Waals surface area contributed by atoms with Gasteiger partial charge < -0.3 is 14.8 Å². The number of pyridine rings is 1. The van der Waals surface area contributed by atoms with Gasteiger partial charge in [0.15, 0.2) is 5.82 Å². The Kier molecular flexibility index (Phi) is 7.58. The summed E-state index contributed by atoms with van der Waals surface area (Å²) in [6.07, 6.45) is 9.08. The molecule has 2 aliphatic rings. The van der Waals surface area contributed by atoms with Crippen LogP contribution >= 0.6 is 11.3 Å². The third-order valence-electron chi connectivity index (χ3n) is 7.48. The first-order chi connectivity index (χ1) is 20.2. The van der Waals surface area contributed by atoms with Gasteiger partial charge in [0.05, 0.1) is 24.0 Å². The fourth-order valence-electron chi connectivity index (χ4n) is 4.91. The Hall–Kier alpha value is -4.04. The minimum Gasteiger partial charge on any atom is -0.442 e. The molecule has 2 aliphatic carbocycles. The van der Waals surface area contributed by atoms with E-state index in [-0.39, 0.29) is 34.9 Å². The highest BCUT2D eigenvalue weighted by Crippen LogP contribution is 2.39. The smallest absolute Gasteiger partial charge is 0.435 e. The van der Waals surface area contributed by atoms with Crippen LogP contribution in [0.3, 0.4) is 0 Å². The number of carbonyl (C=O) groups excluding carboxylic acids is 2. The van der Waals surface area contributed by atoms with Crippen molar-refractivity contribution in [1.29, 1.82) is 0 Å². The summed E-state index contributed by atoms with van der Waals surface area (Å²) in [5, 5.41) is 13.4. The molecule has 4 aromatic heterocycles. The number of hydrogen-bond donors (Lipinski definition) is 1. The Labute approximate surface area is 243 Å². The van der Waals surface area contributed by atoms with Crippen molar-refractivity contribution in [2.75, 3.05) is 11.9 Å². The van der Waals surface area contributed by atoms with Crippen LogP contribution in [0.25, 0.3) is 22.0 Å². The standard InChI is InChI=1S/C28H29F2N7O4S/c1-3-40-18-6-4-17(5-7-18)36-14-20(24(35-36)23-19(29)8-9-22(30)34-23)32-25(38)21-15-42-26(33-21)16-12-31-37(13-16)27(39)41-28(2)10-11-28/h8-9,12-15,17-18H,3-7,10-11H2,1-2H3,(H,32,38). The second kappa shape index (κ2) is 11.3. The molecular formula is C28H29F2N7O4S. The van der Waals surface area contributed by atoms with Gasteiger partial charge in [-0.25, -0.2) is 19.2 Å². The quantitative estimate of drug-likeness (QED) is 0.251. The molecule has 1 amide bonds. The van der Waals surface area contributed by atoms with E-state index < -0.39 is 29.4 Å². The summed E-state index contributed by atoms with van der Waals surface area (Å²) in [4.78, 5) is 33.7. The molecule has 0 saturated heterocycles. The van der Waals surface area contributed by atoms with Gasteiger partial charge in [0, 0.05) is 29.9 Å². The van der Waals surface area contributed by atoms with E-state index in [9.17, 15) is 18.4 Å². The lowest BCUT2D eigenvalue weighted by atomic mass is 9.93. The molecule has 11 nitrogen and oxygen atoms in total. The maximum atomic E-state index is 14.8. The van der Waals surface area contributed by atoms with Crippen molar-refractivity contribution in [3.63, 3.8) is 0 Å². The molecule has 4 heterocycles. The van der Waals surface area contributed by atoms with Gasteiger partial charge in [0.25, 0.3) is 5.91 Å². The highest BCUT2D eigenvalue weighted by molar-refractivity contribution is 7.13. The van der Waals surface area contributed by atoms with E-state index in [2.05, 4.69) is 25.5 Å². The SMILES string of the molecule is CCOC1CCC(n2cc(NC(=O)c3csc(-c4cnn(C(=O)OC5(C)CC5)c4)n3)c(-c3nc(F)ccc3F)n2)CC1. The fraction of sp³-hybridized carbons (Fsp3) is 0.429. The number of anilines is 1. The monoisotopic (exact) mass is 597 g/mol. The molecule has 0 unspecified atom stereocenters. The van der Waals surface area contributed by atoms with E-state index in [1.165, 1.54) is 23.7 Å². The summed E-state index contributed by atoms with van der Waals surface area (Å²) in [6, 6.07) is 1.90.